The van der Waals surface area contributed by atoms with Gasteiger partial charge in [0.2, 0.25) is 0 Å². The molecule has 2 heterocycles. The molecule has 0 atom stereocenters. The largest absolute Gasteiger partial charge is 0.369 e. The van der Waals surface area contributed by atoms with Crippen LogP contribution in [0.1, 0.15) is 5.69 Å². The van der Waals surface area contributed by atoms with E-state index in [1.807, 2.05) is 24.2 Å². The molecule has 2 rings (SSSR count). The van der Waals surface area contributed by atoms with E-state index >= 15 is 0 Å². The van der Waals surface area contributed by atoms with Crippen LogP contribution in [-0.4, -0.2) is 33.1 Å². The van der Waals surface area contributed by atoms with Crippen LogP contribution in [0.3, 0.4) is 0 Å². The zero-order valence-corrected chi connectivity index (χ0v) is 12.8. The molecule has 9 heteroatoms. The quantitative estimate of drug-likeness (QED) is 0.764. The molecule has 0 unspecified atom stereocenters. The van der Waals surface area contributed by atoms with Crippen molar-refractivity contribution in [1.29, 1.82) is 0 Å². The fraction of sp³-hybridized carbons (Fsp3) is 0.444. The van der Waals surface area contributed by atoms with Gasteiger partial charge in [-0.3, -0.25) is 0 Å². The van der Waals surface area contributed by atoms with Crippen molar-refractivity contribution < 1.29 is 0 Å². The topological polar surface area (TPSA) is 62.7 Å². The maximum absolute atomic E-state index is 5.77. The molecule has 0 aromatic carbocycles. The van der Waals surface area contributed by atoms with Crippen LogP contribution in [0.5, 0.6) is 0 Å². The molecule has 0 aliphatic heterocycles. The lowest BCUT2D eigenvalue weighted by Gasteiger charge is -2.03. The number of hydrogen-bond donors (Lipinski definition) is 2. The lowest BCUT2D eigenvalue weighted by atomic mass is 10.6. The Kier molecular flexibility index (Phi) is 5.48. The summed E-state index contributed by atoms with van der Waals surface area (Å²) in [5.41, 5.74) is 1.04. The predicted octanol–water partition coefficient (Wildman–Crippen LogP) is 3.04. The van der Waals surface area contributed by atoms with Crippen LogP contribution in [0.4, 0.5) is 11.6 Å². The average molecular weight is 322 g/mol. The van der Waals surface area contributed by atoms with E-state index in [4.69, 9.17) is 11.6 Å². The zero-order chi connectivity index (χ0) is 12.8. The van der Waals surface area contributed by atoms with Gasteiger partial charge in [0.25, 0.3) is 0 Å². The van der Waals surface area contributed by atoms with Crippen molar-refractivity contribution in [2.75, 3.05) is 30.0 Å². The van der Waals surface area contributed by atoms with E-state index in [-0.39, 0.29) is 0 Å². The highest BCUT2D eigenvalue weighted by molar-refractivity contribution is 7.98. The van der Waals surface area contributed by atoms with E-state index in [2.05, 4.69) is 24.4 Å². The molecule has 2 N–H and O–H groups in total. The van der Waals surface area contributed by atoms with E-state index in [9.17, 15) is 0 Å². The van der Waals surface area contributed by atoms with E-state index in [1.165, 1.54) is 23.1 Å². The first-order chi connectivity index (χ1) is 8.79. The third-order valence-corrected chi connectivity index (χ3v) is 4.59. The van der Waals surface area contributed by atoms with Crippen molar-refractivity contribution in [3.63, 3.8) is 0 Å². The molecule has 0 spiro atoms. The minimum atomic E-state index is 0.607. The lowest BCUT2D eigenvalue weighted by molar-refractivity contribution is 1.18. The first kappa shape index (κ1) is 13.9. The summed E-state index contributed by atoms with van der Waals surface area (Å²) in [7, 11) is 1.84. The van der Waals surface area contributed by atoms with Gasteiger partial charge in [-0.15, -0.1) is 11.3 Å². The van der Waals surface area contributed by atoms with Gasteiger partial charge in [0.05, 0.1) is 17.4 Å². The maximum Gasteiger partial charge on any atom is 0.184 e. The molecule has 0 amide bonds. The summed E-state index contributed by atoms with van der Waals surface area (Å²) in [4.78, 5) is 4.20. The molecular formula is C9H12ClN5S3. The second-order valence-electron chi connectivity index (χ2n) is 3.28. The summed E-state index contributed by atoms with van der Waals surface area (Å²) < 4.78 is 8.88. The molecule has 18 heavy (non-hydrogen) atoms. The summed E-state index contributed by atoms with van der Waals surface area (Å²) in [6.07, 6.45) is 0. The second-order valence-corrected chi connectivity index (χ2v) is 6.36. The average Bonchev–Trinajstić information content (AvgIpc) is 2.97. The Morgan fingerprint density at radius 2 is 2.22 bits per heavy atom. The van der Waals surface area contributed by atoms with Crippen molar-refractivity contribution in [3.8, 4) is 0 Å². The minimum Gasteiger partial charge on any atom is -0.369 e. The Hall–Kier alpha value is -0.570. The zero-order valence-electron chi connectivity index (χ0n) is 9.64. The van der Waals surface area contributed by atoms with Crippen molar-refractivity contribution in [1.82, 2.24) is 13.7 Å². The summed E-state index contributed by atoms with van der Waals surface area (Å²) in [6.45, 7) is 0.850. The number of thiazole rings is 1. The molecule has 5 nitrogen and oxygen atoms in total. The summed E-state index contributed by atoms with van der Waals surface area (Å²) in [5, 5.41) is 8.23. The van der Waals surface area contributed by atoms with E-state index in [0.717, 1.165) is 35.4 Å². The molecule has 0 saturated heterocycles. The van der Waals surface area contributed by atoms with Gasteiger partial charge >= 0.3 is 0 Å². The number of nitrogens with zero attached hydrogens (tertiary/aromatic N) is 3. The molecule has 0 aliphatic rings. The molecule has 0 fully saturated rings. The SMILES string of the molecule is CNc1nsnc1NCCSCc1csc(Cl)n1. The van der Waals surface area contributed by atoms with Crippen molar-refractivity contribution in [3.05, 3.63) is 15.5 Å². The Balaban J connectivity index is 1.64. The van der Waals surface area contributed by atoms with Crippen LogP contribution in [0.25, 0.3) is 0 Å². The van der Waals surface area contributed by atoms with Gasteiger partial charge < -0.3 is 10.6 Å². The molecule has 2 aromatic rings. The second kappa shape index (κ2) is 7.13. The molecule has 2 aromatic heterocycles. The van der Waals surface area contributed by atoms with Gasteiger partial charge in [-0.25, -0.2) is 4.98 Å². The number of aromatic nitrogens is 3. The molecular weight excluding hydrogens is 310 g/mol. The van der Waals surface area contributed by atoms with Crippen LogP contribution < -0.4 is 10.6 Å². The van der Waals surface area contributed by atoms with Crippen molar-refractivity contribution >= 4 is 58.1 Å². The van der Waals surface area contributed by atoms with Gasteiger partial charge in [0.1, 0.15) is 0 Å². The molecule has 0 bridgehead atoms. The Bertz CT molecular complexity index is 486. The minimum absolute atomic E-state index is 0.607. The number of nitrogens with one attached hydrogen (secondary N) is 2. The monoisotopic (exact) mass is 321 g/mol. The third kappa shape index (κ3) is 3.98. The molecule has 98 valence electrons. The Labute approximate surface area is 123 Å². The van der Waals surface area contributed by atoms with Gasteiger partial charge in [-0.1, -0.05) is 11.6 Å². The van der Waals surface area contributed by atoms with Crippen molar-refractivity contribution in [2.24, 2.45) is 0 Å². The smallest absolute Gasteiger partial charge is 0.184 e. The highest BCUT2D eigenvalue weighted by atomic mass is 35.5. The molecule has 0 saturated carbocycles. The number of rotatable bonds is 7. The van der Waals surface area contributed by atoms with Crippen LogP contribution >= 0.6 is 46.4 Å². The van der Waals surface area contributed by atoms with Crippen LogP contribution in [0.2, 0.25) is 4.47 Å². The van der Waals surface area contributed by atoms with Gasteiger partial charge in [-0.05, 0) is 0 Å². The lowest BCUT2D eigenvalue weighted by Crippen LogP contribution is -2.06. The fourth-order valence-electron chi connectivity index (χ4n) is 1.24. The van der Waals surface area contributed by atoms with E-state index < -0.39 is 0 Å². The van der Waals surface area contributed by atoms with Crippen LogP contribution in [0, 0.1) is 0 Å². The van der Waals surface area contributed by atoms with E-state index in [0.29, 0.717) is 4.47 Å². The highest BCUT2D eigenvalue weighted by Gasteiger charge is 2.04. The maximum atomic E-state index is 5.77. The number of halogens is 1. The van der Waals surface area contributed by atoms with Crippen molar-refractivity contribution in [2.45, 2.75) is 5.75 Å². The third-order valence-electron chi connectivity index (χ3n) is 2.04. The Morgan fingerprint density at radius 1 is 1.39 bits per heavy atom. The number of thioether (sulfide) groups is 1. The predicted molar refractivity (Wildman–Crippen MR) is 81.2 cm³/mol. The summed E-state index contributed by atoms with van der Waals surface area (Å²) in [6, 6.07) is 0. The van der Waals surface area contributed by atoms with Gasteiger partial charge in [-0.2, -0.15) is 20.5 Å². The fourth-order valence-corrected chi connectivity index (χ4v) is 3.40. The number of anilines is 2. The summed E-state index contributed by atoms with van der Waals surface area (Å²) >= 11 is 10.2. The normalized spacial score (nSPS) is 10.6. The molecule has 0 radical (unpaired) electrons. The molecule has 0 aliphatic carbocycles. The van der Waals surface area contributed by atoms with Gasteiger partial charge in [0, 0.05) is 30.5 Å². The summed E-state index contributed by atoms with van der Waals surface area (Å²) in [5.74, 6) is 3.49. The van der Waals surface area contributed by atoms with Crippen LogP contribution in [-0.2, 0) is 5.75 Å². The standard InChI is InChI=1S/C9H12ClN5S3/c1-11-7-8(15-18-14-7)12-2-3-16-4-6-5-17-9(10)13-6/h5H,2-4H2,1H3,(H,11,14)(H,12,15). The number of hydrogen-bond acceptors (Lipinski definition) is 8. The first-order valence-electron chi connectivity index (χ1n) is 5.21. The van der Waals surface area contributed by atoms with Gasteiger partial charge in [0.15, 0.2) is 16.1 Å². The highest BCUT2D eigenvalue weighted by Crippen LogP contribution is 2.20. The van der Waals surface area contributed by atoms with Crippen LogP contribution in [0.15, 0.2) is 5.38 Å². The first-order valence-corrected chi connectivity index (χ1v) is 8.35. The van der Waals surface area contributed by atoms with E-state index in [1.54, 1.807) is 0 Å². The Morgan fingerprint density at radius 3 is 2.94 bits per heavy atom.